The van der Waals surface area contributed by atoms with Crippen molar-refractivity contribution in [3.63, 3.8) is 0 Å². The number of carbonyl (C=O) groups is 1. The van der Waals surface area contributed by atoms with Gasteiger partial charge in [0.1, 0.15) is 0 Å². The average Bonchev–Trinajstić information content (AvgIpc) is 2.61. The van der Waals surface area contributed by atoms with Crippen LogP contribution in [-0.2, 0) is 11.3 Å². The van der Waals surface area contributed by atoms with Gasteiger partial charge in [-0.05, 0) is 12.0 Å². The van der Waals surface area contributed by atoms with Crippen LogP contribution in [0.15, 0.2) is 30.3 Å². The van der Waals surface area contributed by atoms with E-state index in [2.05, 4.69) is 4.90 Å². The van der Waals surface area contributed by atoms with E-state index in [-0.39, 0.29) is 42.8 Å². The van der Waals surface area contributed by atoms with Crippen LogP contribution in [0.4, 0.5) is 0 Å². The fraction of sp³-hybridized carbons (Fsp3) is 0.417. The molecule has 2 rings (SSSR count). The van der Waals surface area contributed by atoms with Crippen molar-refractivity contribution in [1.29, 1.82) is 0 Å². The molecule has 1 saturated heterocycles. The Bertz CT molecular complexity index is 375. The number of nitrogens with zero attached hydrogens (tertiary/aromatic N) is 1. The predicted octanol–water partition coefficient (Wildman–Crippen LogP) is 0.917. The molecule has 1 aliphatic rings. The fourth-order valence-electron chi connectivity index (χ4n) is 2.23. The highest BCUT2D eigenvalue weighted by Gasteiger charge is 2.33. The molecule has 6 heteroatoms. The zero-order valence-corrected chi connectivity index (χ0v) is 11.6. The number of hydrogen-bond donors (Lipinski definition) is 2. The molecule has 1 amide bonds. The lowest BCUT2D eigenvalue weighted by molar-refractivity contribution is -0.122. The van der Waals surface area contributed by atoms with Gasteiger partial charge in [0.25, 0.3) is 0 Å². The first-order valence-corrected chi connectivity index (χ1v) is 5.49. The lowest BCUT2D eigenvalue weighted by atomic mass is 10.1. The van der Waals surface area contributed by atoms with Gasteiger partial charge in [-0.3, -0.25) is 9.69 Å². The van der Waals surface area contributed by atoms with Gasteiger partial charge in [0.05, 0.1) is 6.04 Å². The molecule has 0 aliphatic carbocycles. The first-order chi connectivity index (χ1) is 7.66. The zero-order chi connectivity index (χ0) is 11.5. The molecule has 2 atom stereocenters. The van der Waals surface area contributed by atoms with E-state index in [4.69, 9.17) is 11.5 Å². The Hall–Kier alpha value is -0.810. The molecule has 1 aromatic carbocycles. The fourth-order valence-corrected chi connectivity index (χ4v) is 2.23. The molecule has 0 unspecified atom stereocenters. The minimum absolute atomic E-state index is 0. The Morgan fingerprint density at radius 2 is 1.89 bits per heavy atom. The van der Waals surface area contributed by atoms with Crippen molar-refractivity contribution in [3.8, 4) is 0 Å². The van der Waals surface area contributed by atoms with E-state index in [1.54, 1.807) is 0 Å². The normalized spacial score (nSPS) is 22.9. The molecule has 0 aromatic heterocycles. The zero-order valence-electron chi connectivity index (χ0n) is 9.99. The maximum Gasteiger partial charge on any atom is 0.234 e. The van der Waals surface area contributed by atoms with E-state index in [1.807, 2.05) is 30.3 Å². The standard InChI is InChI=1S/C12H17N3O.2ClH/c13-10-6-11(12(14)16)15(8-10)7-9-4-2-1-3-5-9;;/h1-5,10-11H,6-8,13H2,(H2,14,16);2*1H/t10-,11+;;/m1../s1. The van der Waals surface area contributed by atoms with Gasteiger partial charge in [-0.25, -0.2) is 0 Å². The van der Waals surface area contributed by atoms with E-state index < -0.39 is 0 Å². The lowest BCUT2D eigenvalue weighted by Gasteiger charge is -2.21. The number of likely N-dealkylation sites (tertiary alicyclic amines) is 1. The monoisotopic (exact) mass is 291 g/mol. The van der Waals surface area contributed by atoms with Crippen LogP contribution in [0.25, 0.3) is 0 Å². The van der Waals surface area contributed by atoms with Crippen LogP contribution in [0, 0.1) is 0 Å². The van der Waals surface area contributed by atoms with Crippen molar-refractivity contribution >= 4 is 30.7 Å². The van der Waals surface area contributed by atoms with E-state index in [9.17, 15) is 4.79 Å². The van der Waals surface area contributed by atoms with Crippen molar-refractivity contribution in [1.82, 2.24) is 4.90 Å². The Morgan fingerprint density at radius 1 is 1.28 bits per heavy atom. The highest BCUT2D eigenvalue weighted by Crippen LogP contribution is 2.19. The van der Waals surface area contributed by atoms with Crippen LogP contribution in [0.3, 0.4) is 0 Å². The predicted molar refractivity (Wildman–Crippen MR) is 76.9 cm³/mol. The summed E-state index contributed by atoms with van der Waals surface area (Å²) < 4.78 is 0. The largest absolute Gasteiger partial charge is 0.368 e. The Kier molecular flexibility index (Phi) is 7.25. The average molecular weight is 292 g/mol. The van der Waals surface area contributed by atoms with Gasteiger partial charge < -0.3 is 11.5 Å². The van der Waals surface area contributed by atoms with Gasteiger partial charge in [-0.2, -0.15) is 0 Å². The number of primary amides is 1. The van der Waals surface area contributed by atoms with Gasteiger partial charge in [-0.15, -0.1) is 24.8 Å². The number of benzene rings is 1. The highest BCUT2D eigenvalue weighted by atomic mass is 35.5. The van der Waals surface area contributed by atoms with Crippen LogP contribution in [0.2, 0.25) is 0 Å². The summed E-state index contributed by atoms with van der Waals surface area (Å²) in [7, 11) is 0. The molecule has 1 heterocycles. The maximum absolute atomic E-state index is 11.3. The smallest absolute Gasteiger partial charge is 0.234 e. The number of nitrogens with two attached hydrogens (primary N) is 2. The third kappa shape index (κ3) is 4.14. The van der Waals surface area contributed by atoms with E-state index in [0.717, 1.165) is 13.1 Å². The molecular weight excluding hydrogens is 273 g/mol. The molecule has 102 valence electrons. The molecule has 0 bridgehead atoms. The highest BCUT2D eigenvalue weighted by molar-refractivity contribution is 5.85. The molecule has 18 heavy (non-hydrogen) atoms. The molecule has 4 nitrogen and oxygen atoms in total. The maximum atomic E-state index is 11.3. The first kappa shape index (κ1) is 17.2. The quantitative estimate of drug-likeness (QED) is 0.870. The van der Waals surface area contributed by atoms with Crippen molar-refractivity contribution < 1.29 is 4.79 Å². The summed E-state index contributed by atoms with van der Waals surface area (Å²) in [6.45, 7) is 1.48. The Labute approximate surface area is 120 Å². The number of carbonyl (C=O) groups excluding carboxylic acids is 1. The summed E-state index contributed by atoms with van der Waals surface area (Å²) >= 11 is 0. The minimum Gasteiger partial charge on any atom is -0.368 e. The second-order valence-corrected chi connectivity index (χ2v) is 4.33. The Morgan fingerprint density at radius 3 is 2.44 bits per heavy atom. The molecule has 4 N–H and O–H groups in total. The van der Waals surface area contributed by atoms with E-state index >= 15 is 0 Å². The molecule has 1 aliphatic heterocycles. The third-order valence-electron chi connectivity index (χ3n) is 2.99. The second-order valence-electron chi connectivity index (χ2n) is 4.33. The number of halogens is 2. The SMILES string of the molecule is Cl.Cl.NC(=O)[C@@H]1C[C@@H](N)CN1Cc1ccccc1. The topological polar surface area (TPSA) is 72.3 Å². The molecule has 0 radical (unpaired) electrons. The minimum atomic E-state index is -0.274. The lowest BCUT2D eigenvalue weighted by Crippen LogP contribution is -2.39. The van der Waals surface area contributed by atoms with E-state index in [1.165, 1.54) is 5.56 Å². The van der Waals surface area contributed by atoms with Crippen molar-refractivity contribution in [3.05, 3.63) is 35.9 Å². The molecule has 1 fully saturated rings. The van der Waals surface area contributed by atoms with Gasteiger partial charge >= 0.3 is 0 Å². The molecule has 0 saturated carbocycles. The van der Waals surface area contributed by atoms with Crippen molar-refractivity contribution in [2.45, 2.75) is 25.0 Å². The summed E-state index contributed by atoms with van der Waals surface area (Å²) in [6, 6.07) is 9.89. The Balaban J connectivity index is 0.00000144. The molecule has 0 spiro atoms. The molecular formula is C12H19Cl2N3O. The number of hydrogen-bond acceptors (Lipinski definition) is 3. The third-order valence-corrected chi connectivity index (χ3v) is 2.99. The van der Waals surface area contributed by atoms with Crippen LogP contribution >= 0.6 is 24.8 Å². The van der Waals surface area contributed by atoms with Gasteiger partial charge in [0, 0.05) is 19.1 Å². The molecule has 1 aromatic rings. The van der Waals surface area contributed by atoms with Gasteiger partial charge in [-0.1, -0.05) is 30.3 Å². The first-order valence-electron chi connectivity index (χ1n) is 5.49. The summed E-state index contributed by atoms with van der Waals surface area (Å²) in [5, 5.41) is 0. The van der Waals surface area contributed by atoms with Gasteiger partial charge in [0.2, 0.25) is 5.91 Å². The van der Waals surface area contributed by atoms with Crippen LogP contribution in [0.1, 0.15) is 12.0 Å². The summed E-state index contributed by atoms with van der Waals surface area (Å²) in [5.41, 5.74) is 12.4. The van der Waals surface area contributed by atoms with Crippen LogP contribution in [-0.4, -0.2) is 29.4 Å². The van der Waals surface area contributed by atoms with Crippen LogP contribution < -0.4 is 11.5 Å². The summed E-state index contributed by atoms with van der Waals surface area (Å²) in [4.78, 5) is 13.3. The van der Waals surface area contributed by atoms with Crippen molar-refractivity contribution in [2.24, 2.45) is 11.5 Å². The second kappa shape index (κ2) is 7.59. The van der Waals surface area contributed by atoms with E-state index in [0.29, 0.717) is 6.42 Å². The van der Waals surface area contributed by atoms with Crippen LogP contribution in [0.5, 0.6) is 0 Å². The van der Waals surface area contributed by atoms with Gasteiger partial charge in [0.15, 0.2) is 0 Å². The summed E-state index contributed by atoms with van der Waals surface area (Å²) in [6.07, 6.45) is 0.669. The summed E-state index contributed by atoms with van der Waals surface area (Å²) in [5.74, 6) is -0.274. The number of rotatable bonds is 3. The number of amides is 1. The van der Waals surface area contributed by atoms with Crippen molar-refractivity contribution in [2.75, 3.05) is 6.54 Å².